The van der Waals surface area contributed by atoms with E-state index >= 15 is 0 Å². The molecule has 0 aliphatic carbocycles. The van der Waals surface area contributed by atoms with E-state index in [4.69, 9.17) is 8.94 Å². The van der Waals surface area contributed by atoms with Crippen molar-refractivity contribution in [2.24, 2.45) is 0 Å². The summed E-state index contributed by atoms with van der Waals surface area (Å²) in [5.74, 6) is 1.56. The Morgan fingerprint density at radius 3 is 2.89 bits per heavy atom. The molecule has 3 heterocycles. The molecule has 3 aromatic heterocycles. The predicted octanol–water partition coefficient (Wildman–Crippen LogP) is 2.83. The highest BCUT2D eigenvalue weighted by atomic mass is 32.2. The smallest absolute Gasteiger partial charge is 0.277 e. The monoisotopic (exact) mass is 415 g/mol. The number of anilines is 1. The lowest BCUT2D eigenvalue weighted by Crippen LogP contribution is -2.12. The summed E-state index contributed by atoms with van der Waals surface area (Å²) in [7, 11) is 0. The van der Waals surface area contributed by atoms with E-state index in [1.807, 2.05) is 30.3 Å². The van der Waals surface area contributed by atoms with Gasteiger partial charge in [0.05, 0.1) is 5.75 Å². The summed E-state index contributed by atoms with van der Waals surface area (Å²) in [5.41, 5.74) is 2.40. The summed E-state index contributed by atoms with van der Waals surface area (Å²) in [5, 5.41) is 22.9. The van der Waals surface area contributed by atoms with Crippen LogP contribution >= 0.6 is 23.1 Å². The molecule has 0 aliphatic heterocycles. The Bertz CT molecular complexity index is 1030. The number of hydrogen-bond acceptors (Lipinski definition) is 11. The molecule has 10 nitrogen and oxygen atoms in total. The Balaban J connectivity index is 1.26. The first-order valence-corrected chi connectivity index (χ1v) is 10.0. The van der Waals surface area contributed by atoms with E-state index in [0.717, 1.165) is 5.56 Å². The van der Waals surface area contributed by atoms with Gasteiger partial charge in [-0.2, -0.15) is 4.98 Å². The lowest BCUT2D eigenvalue weighted by molar-refractivity contribution is -0.116. The normalized spacial score (nSPS) is 10.9. The van der Waals surface area contributed by atoms with Gasteiger partial charge in [-0.1, -0.05) is 46.5 Å². The van der Waals surface area contributed by atoms with Crippen molar-refractivity contribution >= 4 is 34.1 Å². The average Bonchev–Trinajstić information content (AvgIpc) is 3.47. The molecular weight excluding hydrogens is 402 g/mol. The molecule has 0 unspecified atom stereocenters. The van der Waals surface area contributed by atoms with Crippen LogP contribution in [0.1, 0.15) is 18.1 Å². The molecule has 4 aromatic rings. The van der Waals surface area contributed by atoms with Crippen LogP contribution in [0, 0.1) is 0 Å². The molecule has 0 atom stereocenters. The topological polar surface area (TPSA) is 133 Å². The van der Waals surface area contributed by atoms with Crippen molar-refractivity contribution in [1.29, 1.82) is 0 Å². The maximum absolute atomic E-state index is 11.8. The second-order valence-corrected chi connectivity index (χ2v) is 7.18. The third-order valence-corrected chi connectivity index (χ3v) is 4.86. The van der Waals surface area contributed by atoms with E-state index in [2.05, 4.69) is 35.9 Å². The molecule has 0 fully saturated rings. The Labute approximate surface area is 166 Å². The van der Waals surface area contributed by atoms with Gasteiger partial charge in [0, 0.05) is 18.4 Å². The second-order valence-electron chi connectivity index (χ2n) is 5.42. The van der Waals surface area contributed by atoms with Crippen LogP contribution in [0.4, 0.5) is 5.13 Å². The zero-order chi connectivity index (χ0) is 19.2. The van der Waals surface area contributed by atoms with Crippen LogP contribution in [-0.4, -0.2) is 36.4 Å². The largest absolute Gasteiger partial charge is 0.411 e. The number of aryl methyl sites for hydroxylation is 1. The number of rotatable bonds is 8. The molecule has 0 saturated carbocycles. The van der Waals surface area contributed by atoms with E-state index in [0.29, 0.717) is 40.1 Å². The van der Waals surface area contributed by atoms with Crippen LogP contribution in [0.2, 0.25) is 0 Å². The molecule has 0 spiro atoms. The van der Waals surface area contributed by atoms with Crippen molar-refractivity contribution in [3.63, 3.8) is 0 Å². The summed E-state index contributed by atoms with van der Waals surface area (Å²) >= 11 is 2.56. The standard InChI is InChI=1S/C16H13N7O3S2/c24-12(19-15-21-17-9-28-15)6-7-13-18-11(23-26-13)8-27-16-22-20-14(25-16)10-4-2-1-3-5-10/h1-5,9H,6-8H2,(H,19,21,24). The zero-order valence-electron chi connectivity index (χ0n) is 14.3. The maximum Gasteiger partial charge on any atom is 0.277 e. The Morgan fingerprint density at radius 1 is 1.18 bits per heavy atom. The molecular formula is C16H13N7O3S2. The van der Waals surface area contributed by atoms with Gasteiger partial charge in [-0.25, -0.2) is 0 Å². The van der Waals surface area contributed by atoms with Gasteiger partial charge in [0.15, 0.2) is 5.82 Å². The van der Waals surface area contributed by atoms with Crippen molar-refractivity contribution in [2.45, 2.75) is 23.8 Å². The van der Waals surface area contributed by atoms with Crippen LogP contribution in [0.25, 0.3) is 11.5 Å². The van der Waals surface area contributed by atoms with Crippen molar-refractivity contribution in [2.75, 3.05) is 5.32 Å². The third-order valence-electron chi connectivity index (χ3n) is 3.43. The molecule has 142 valence electrons. The molecule has 12 heteroatoms. The van der Waals surface area contributed by atoms with Crippen LogP contribution in [-0.2, 0) is 17.0 Å². The minimum atomic E-state index is -0.190. The zero-order valence-corrected chi connectivity index (χ0v) is 15.9. The number of aromatic nitrogens is 6. The van der Waals surface area contributed by atoms with Crippen LogP contribution in [0.3, 0.4) is 0 Å². The Morgan fingerprint density at radius 2 is 2.07 bits per heavy atom. The minimum Gasteiger partial charge on any atom is -0.411 e. The fraction of sp³-hybridized carbons (Fsp3) is 0.188. The van der Waals surface area contributed by atoms with Crippen LogP contribution < -0.4 is 5.32 Å². The number of nitrogens with zero attached hydrogens (tertiary/aromatic N) is 6. The first-order valence-electron chi connectivity index (χ1n) is 8.15. The SMILES string of the molecule is O=C(CCc1nc(CSc2nnc(-c3ccccc3)o2)no1)Nc1nncs1. The highest BCUT2D eigenvalue weighted by Gasteiger charge is 2.13. The lowest BCUT2D eigenvalue weighted by Gasteiger charge is -1.97. The van der Waals surface area contributed by atoms with Gasteiger partial charge in [-0.05, 0) is 12.1 Å². The quantitative estimate of drug-likeness (QED) is 0.428. The lowest BCUT2D eigenvalue weighted by atomic mass is 10.2. The molecule has 1 amide bonds. The number of nitrogens with one attached hydrogen (secondary N) is 1. The van der Waals surface area contributed by atoms with Crippen LogP contribution in [0.5, 0.6) is 0 Å². The maximum atomic E-state index is 11.8. The number of carbonyl (C=O) groups excluding carboxylic acids is 1. The number of carbonyl (C=O) groups is 1. The van der Waals surface area contributed by atoms with Crippen molar-refractivity contribution in [1.82, 2.24) is 30.5 Å². The van der Waals surface area contributed by atoms with E-state index < -0.39 is 0 Å². The number of thioether (sulfide) groups is 1. The Kier molecular flexibility index (Phi) is 5.68. The minimum absolute atomic E-state index is 0.190. The number of benzene rings is 1. The summed E-state index contributed by atoms with van der Waals surface area (Å²) in [6.45, 7) is 0. The highest BCUT2D eigenvalue weighted by Crippen LogP contribution is 2.24. The van der Waals surface area contributed by atoms with Crippen LogP contribution in [0.15, 0.2) is 50.0 Å². The summed E-state index contributed by atoms with van der Waals surface area (Å²) < 4.78 is 10.8. The van der Waals surface area contributed by atoms with Gasteiger partial charge in [0.2, 0.25) is 22.8 Å². The summed E-state index contributed by atoms with van der Waals surface area (Å²) in [4.78, 5) is 16.1. The third kappa shape index (κ3) is 4.78. The summed E-state index contributed by atoms with van der Waals surface area (Å²) in [6.07, 6.45) is 0.541. The van der Waals surface area contributed by atoms with Crippen molar-refractivity contribution in [3.05, 3.63) is 47.6 Å². The molecule has 0 aliphatic rings. The number of hydrogen-bond donors (Lipinski definition) is 1. The fourth-order valence-electron chi connectivity index (χ4n) is 2.17. The van der Waals surface area contributed by atoms with E-state index in [1.165, 1.54) is 23.1 Å². The van der Waals surface area contributed by atoms with E-state index in [-0.39, 0.29) is 12.3 Å². The van der Waals surface area contributed by atoms with Gasteiger partial charge >= 0.3 is 0 Å². The van der Waals surface area contributed by atoms with Gasteiger partial charge in [-0.15, -0.1) is 20.4 Å². The van der Waals surface area contributed by atoms with E-state index in [9.17, 15) is 4.79 Å². The molecule has 28 heavy (non-hydrogen) atoms. The molecule has 0 bridgehead atoms. The predicted molar refractivity (Wildman–Crippen MR) is 100 cm³/mol. The first kappa shape index (κ1) is 18.3. The van der Waals surface area contributed by atoms with Crippen molar-refractivity contribution < 1.29 is 13.7 Å². The summed E-state index contributed by atoms with van der Waals surface area (Å²) in [6, 6.07) is 9.52. The molecule has 0 radical (unpaired) electrons. The highest BCUT2D eigenvalue weighted by molar-refractivity contribution is 7.98. The second kappa shape index (κ2) is 8.71. The Hall–Kier alpha value is -3.12. The number of amides is 1. The van der Waals surface area contributed by atoms with Gasteiger partial charge in [0.25, 0.3) is 5.22 Å². The van der Waals surface area contributed by atoms with E-state index in [1.54, 1.807) is 5.51 Å². The van der Waals surface area contributed by atoms with Gasteiger partial charge < -0.3 is 14.3 Å². The van der Waals surface area contributed by atoms with Gasteiger partial charge in [-0.3, -0.25) is 4.79 Å². The fourth-order valence-corrected chi connectivity index (χ4v) is 3.24. The molecule has 4 rings (SSSR count). The van der Waals surface area contributed by atoms with Gasteiger partial charge in [0.1, 0.15) is 5.51 Å². The molecule has 1 aromatic carbocycles. The average molecular weight is 415 g/mol. The first-order chi connectivity index (χ1) is 13.8. The molecule has 0 saturated heterocycles. The molecule has 1 N–H and O–H groups in total. The van der Waals surface area contributed by atoms with Crippen molar-refractivity contribution in [3.8, 4) is 11.5 Å².